The van der Waals surface area contributed by atoms with E-state index in [-0.39, 0.29) is 17.7 Å². The van der Waals surface area contributed by atoms with Gasteiger partial charge in [-0.2, -0.15) is 0 Å². The van der Waals surface area contributed by atoms with Crippen LogP contribution in [0.3, 0.4) is 0 Å². The standard InChI is InChI=1S/C14H15NO2/c1-9-2-3-11-10(8-9)6-7-15-13(17)5-4-12(16)14(11)15/h2-3,8,14H,4-7H2,1H3. The largest absolute Gasteiger partial charge is 0.328 e. The molecule has 1 atom stereocenters. The Morgan fingerprint density at radius 1 is 1.18 bits per heavy atom. The van der Waals surface area contributed by atoms with Crippen LogP contribution in [0.1, 0.15) is 35.6 Å². The Bertz CT molecular complexity index is 507. The molecule has 1 aromatic rings. The lowest BCUT2D eigenvalue weighted by Gasteiger charge is -2.39. The van der Waals surface area contributed by atoms with Crippen LogP contribution in [0.25, 0.3) is 0 Å². The van der Waals surface area contributed by atoms with Gasteiger partial charge < -0.3 is 4.90 Å². The first-order valence-electron chi connectivity index (χ1n) is 6.08. The van der Waals surface area contributed by atoms with Crippen molar-refractivity contribution in [3.63, 3.8) is 0 Å². The van der Waals surface area contributed by atoms with Crippen LogP contribution in [-0.4, -0.2) is 23.1 Å². The monoisotopic (exact) mass is 229 g/mol. The molecule has 2 heterocycles. The number of hydrogen-bond donors (Lipinski definition) is 0. The van der Waals surface area contributed by atoms with Crippen molar-refractivity contribution in [1.82, 2.24) is 4.90 Å². The lowest BCUT2D eigenvalue weighted by Crippen LogP contribution is -2.46. The van der Waals surface area contributed by atoms with Crippen LogP contribution in [0.5, 0.6) is 0 Å². The van der Waals surface area contributed by atoms with E-state index in [1.54, 1.807) is 4.90 Å². The molecule has 1 aromatic carbocycles. The summed E-state index contributed by atoms with van der Waals surface area (Å²) >= 11 is 0. The minimum Gasteiger partial charge on any atom is -0.328 e. The van der Waals surface area contributed by atoms with E-state index in [1.807, 2.05) is 12.1 Å². The van der Waals surface area contributed by atoms with E-state index >= 15 is 0 Å². The molecule has 2 aliphatic rings. The van der Waals surface area contributed by atoms with Crippen molar-refractivity contribution in [2.24, 2.45) is 0 Å². The fraction of sp³-hybridized carbons (Fsp3) is 0.429. The Balaban J connectivity index is 2.09. The molecular weight excluding hydrogens is 214 g/mol. The van der Waals surface area contributed by atoms with E-state index in [2.05, 4.69) is 13.0 Å². The molecule has 3 rings (SSSR count). The van der Waals surface area contributed by atoms with Crippen molar-refractivity contribution in [2.45, 2.75) is 32.2 Å². The number of carbonyl (C=O) groups excluding carboxylic acids is 2. The first-order valence-corrected chi connectivity index (χ1v) is 6.08. The van der Waals surface area contributed by atoms with Crippen molar-refractivity contribution < 1.29 is 9.59 Å². The fourth-order valence-electron chi connectivity index (χ4n) is 2.88. The van der Waals surface area contributed by atoms with Gasteiger partial charge in [0.15, 0.2) is 5.78 Å². The summed E-state index contributed by atoms with van der Waals surface area (Å²) in [6.45, 7) is 2.74. The summed E-state index contributed by atoms with van der Waals surface area (Å²) in [5.74, 6) is 0.315. The van der Waals surface area contributed by atoms with E-state index in [9.17, 15) is 9.59 Å². The number of benzene rings is 1. The topological polar surface area (TPSA) is 37.4 Å². The molecule has 3 nitrogen and oxygen atoms in total. The first kappa shape index (κ1) is 10.5. The highest BCUT2D eigenvalue weighted by Crippen LogP contribution is 2.35. The molecule has 1 unspecified atom stereocenters. The van der Waals surface area contributed by atoms with Gasteiger partial charge in [-0.3, -0.25) is 9.59 Å². The van der Waals surface area contributed by atoms with Gasteiger partial charge in [0.2, 0.25) is 5.91 Å². The van der Waals surface area contributed by atoms with E-state index in [0.29, 0.717) is 19.4 Å². The second-order valence-electron chi connectivity index (χ2n) is 4.91. The predicted octanol–water partition coefficient (Wildman–Crippen LogP) is 1.78. The number of nitrogens with zero attached hydrogens (tertiary/aromatic N) is 1. The molecule has 0 saturated carbocycles. The zero-order valence-electron chi connectivity index (χ0n) is 9.90. The Hall–Kier alpha value is -1.64. The van der Waals surface area contributed by atoms with Crippen LogP contribution in [0.2, 0.25) is 0 Å². The minimum absolute atomic E-state index is 0.126. The van der Waals surface area contributed by atoms with Gasteiger partial charge >= 0.3 is 0 Å². The second kappa shape index (κ2) is 3.69. The highest BCUT2D eigenvalue weighted by Gasteiger charge is 2.38. The Labute approximate surface area is 100 Å². The quantitative estimate of drug-likeness (QED) is 0.680. The van der Waals surface area contributed by atoms with Gasteiger partial charge in [-0.25, -0.2) is 0 Å². The highest BCUT2D eigenvalue weighted by molar-refractivity contribution is 5.96. The third-order valence-corrected chi connectivity index (χ3v) is 3.74. The number of ketones is 1. The van der Waals surface area contributed by atoms with Gasteiger partial charge in [-0.05, 0) is 24.5 Å². The van der Waals surface area contributed by atoms with Crippen molar-refractivity contribution >= 4 is 11.7 Å². The molecule has 3 heteroatoms. The zero-order chi connectivity index (χ0) is 12.0. The number of hydrogen-bond acceptors (Lipinski definition) is 2. The van der Waals surface area contributed by atoms with Crippen molar-refractivity contribution in [2.75, 3.05) is 6.54 Å². The summed E-state index contributed by atoms with van der Waals surface area (Å²) < 4.78 is 0. The van der Waals surface area contributed by atoms with Crippen molar-refractivity contribution in [3.05, 3.63) is 34.9 Å². The summed E-state index contributed by atoms with van der Waals surface area (Å²) in [5.41, 5.74) is 3.49. The lowest BCUT2D eigenvalue weighted by molar-refractivity contribution is -0.145. The number of fused-ring (bicyclic) bond motifs is 3. The van der Waals surface area contributed by atoms with Crippen molar-refractivity contribution in [1.29, 1.82) is 0 Å². The summed E-state index contributed by atoms with van der Waals surface area (Å²) in [7, 11) is 0. The smallest absolute Gasteiger partial charge is 0.223 e. The maximum atomic E-state index is 12.0. The minimum atomic E-state index is -0.305. The average Bonchev–Trinajstić information content (AvgIpc) is 2.32. The first-order chi connectivity index (χ1) is 8.16. The van der Waals surface area contributed by atoms with Crippen LogP contribution in [0.4, 0.5) is 0 Å². The molecule has 1 saturated heterocycles. The van der Waals surface area contributed by atoms with Gasteiger partial charge in [-0.15, -0.1) is 0 Å². The molecule has 17 heavy (non-hydrogen) atoms. The number of piperidine rings is 1. The van der Waals surface area contributed by atoms with E-state index in [4.69, 9.17) is 0 Å². The Kier molecular flexibility index (Phi) is 2.28. The van der Waals surface area contributed by atoms with Crippen LogP contribution in [0.15, 0.2) is 18.2 Å². The molecule has 0 aliphatic carbocycles. The summed E-state index contributed by atoms with van der Waals surface area (Å²) in [6, 6.07) is 5.87. The average molecular weight is 229 g/mol. The molecule has 88 valence electrons. The fourth-order valence-corrected chi connectivity index (χ4v) is 2.88. The second-order valence-corrected chi connectivity index (χ2v) is 4.91. The molecule has 2 aliphatic heterocycles. The molecule has 1 amide bonds. The van der Waals surface area contributed by atoms with Crippen LogP contribution in [0, 0.1) is 6.92 Å². The van der Waals surface area contributed by atoms with Gasteiger partial charge in [0, 0.05) is 19.4 Å². The van der Waals surface area contributed by atoms with Gasteiger partial charge in [0.25, 0.3) is 0 Å². The summed E-state index contributed by atoms with van der Waals surface area (Å²) in [6.07, 6.45) is 1.65. The normalized spacial score (nSPS) is 23.4. The number of carbonyl (C=O) groups is 2. The number of aryl methyl sites for hydroxylation is 1. The molecule has 0 bridgehead atoms. The SMILES string of the molecule is Cc1ccc2c(c1)CCN1C(=O)CCC(=O)C21. The van der Waals surface area contributed by atoms with Crippen LogP contribution < -0.4 is 0 Å². The van der Waals surface area contributed by atoms with E-state index in [0.717, 1.165) is 12.0 Å². The van der Waals surface area contributed by atoms with Crippen molar-refractivity contribution in [3.8, 4) is 0 Å². The van der Waals surface area contributed by atoms with E-state index < -0.39 is 0 Å². The molecule has 0 spiro atoms. The Morgan fingerprint density at radius 2 is 2.00 bits per heavy atom. The molecule has 0 radical (unpaired) electrons. The zero-order valence-corrected chi connectivity index (χ0v) is 9.90. The van der Waals surface area contributed by atoms with Gasteiger partial charge in [-0.1, -0.05) is 23.8 Å². The summed E-state index contributed by atoms with van der Waals surface area (Å²) in [5, 5.41) is 0. The van der Waals surface area contributed by atoms with Crippen LogP contribution >= 0.6 is 0 Å². The molecule has 1 fully saturated rings. The number of rotatable bonds is 0. The number of Topliss-reactive ketones (excluding diaryl/α,β-unsaturated/α-hetero) is 1. The maximum absolute atomic E-state index is 12.0. The lowest BCUT2D eigenvalue weighted by atomic mass is 9.85. The number of amides is 1. The third kappa shape index (κ3) is 1.57. The Morgan fingerprint density at radius 3 is 2.82 bits per heavy atom. The summed E-state index contributed by atoms with van der Waals surface area (Å²) in [4.78, 5) is 25.6. The van der Waals surface area contributed by atoms with Gasteiger partial charge in [0.1, 0.15) is 6.04 Å². The predicted molar refractivity (Wildman–Crippen MR) is 63.6 cm³/mol. The van der Waals surface area contributed by atoms with Gasteiger partial charge in [0.05, 0.1) is 0 Å². The van der Waals surface area contributed by atoms with Crippen LogP contribution in [-0.2, 0) is 16.0 Å². The molecular formula is C14H15NO2. The molecule has 0 aromatic heterocycles. The molecule has 0 N–H and O–H groups in total. The third-order valence-electron chi connectivity index (χ3n) is 3.74. The highest BCUT2D eigenvalue weighted by atomic mass is 16.2. The maximum Gasteiger partial charge on any atom is 0.223 e. The van der Waals surface area contributed by atoms with E-state index in [1.165, 1.54) is 11.1 Å².